The van der Waals surface area contributed by atoms with E-state index in [2.05, 4.69) is 11.2 Å². The van der Waals surface area contributed by atoms with Crippen LogP contribution in [0.5, 0.6) is 0 Å². The Morgan fingerprint density at radius 3 is 2.88 bits per heavy atom. The number of nitrogens with zero attached hydrogens (tertiary/aromatic N) is 2. The van der Waals surface area contributed by atoms with Crippen LogP contribution < -0.4 is 0 Å². The molecule has 16 heavy (non-hydrogen) atoms. The van der Waals surface area contributed by atoms with E-state index in [1.807, 2.05) is 12.1 Å². The van der Waals surface area contributed by atoms with Crippen molar-refractivity contribution in [1.29, 1.82) is 5.26 Å². The van der Waals surface area contributed by atoms with Gasteiger partial charge < -0.3 is 9.63 Å². The van der Waals surface area contributed by atoms with Crippen LogP contribution in [0.2, 0.25) is 0 Å². The SMILES string of the molecule is Cc1onc(CO)c1-c1ccccc1C#N. The van der Waals surface area contributed by atoms with Crippen molar-refractivity contribution in [3.05, 3.63) is 41.3 Å². The van der Waals surface area contributed by atoms with Crippen molar-refractivity contribution in [1.82, 2.24) is 5.16 Å². The highest BCUT2D eigenvalue weighted by Crippen LogP contribution is 2.29. The van der Waals surface area contributed by atoms with E-state index in [0.717, 1.165) is 5.56 Å². The lowest BCUT2D eigenvalue weighted by molar-refractivity contribution is 0.266. The maximum Gasteiger partial charge on any atom is 0.141 e. The van der Waals surface area contributed by atoms with E-state index in [1.165, 1.54) is 0 Å². The molecule has 0 atom stereocenters. The third-order valence-corrected chi connectivity index (χ3v) is 2.40. The van der Waals surface area contributed by atoms with Gasteiger partial charge in [0, 0.05) is 5.56 Å². The molecule has 0 bridgehead atoms. The fourth-order valence-electron chi connectivity index (χ4n) is 1.67. The van der Waals surface area contributed by atoms with Crippen LogP contribution >= 0.6 is 0 Å². The van der Waals surface area contributed by atoms with E-state index in [9.17, 15) is 0 Å². The van der Waals surface area contributed by atoms with Crippen LogP contribution in [-0.2, 0) is 6.61 Å². The monoisotopic (exact) mass is 214 g/mol. The van der Waals surface area contributed by atoms with E-state index < -0.39 is 0 Å². The Labute approximate surface area is 92.7 Å². The van der Waals surface area contributed by atoms with E-state index in [4.69, 9.17) is 14.9 Å². The Balaban J connectivity index is 2.67. The Morgan fingerprint density at radius 2 is 2.19 bits per heavy atom. The Bertz CT molecular complexity index is 552. The molecule has 0 aliphatic rings. The molecule has 80 valence electrons. The number of nitriles is 1. The maximum atomic E-state index is 9.15. The van der Waals surface area contributed by atoms with Gasteiger partial charge in [-0.1, -0.05) is 23.4 Å². The van der Waals surface area contributed by atoms with Crippen molar-refractivity contribution in [3.63, 3.8) is 0 Å². The van der Waals surface area contributed by atoms with Gasteiger partial charge in [0.1, 0.15) is 11.5 Å². The van der Waals surface area contributed by atoms with Gasteiger partial charge in [0.25, 0.3) is 0 Å². The van der Waals surface area contributed by atoms with Crippen LogP contribution in [0, 0.1) is 18.3 Å². The molecule has 0 amide bonds. The van der Waals surface area contributed by atoms with Gasteiger partial charge >= 0.3 is 0 Å². The zero-order chi connectivity index (χ0) is 11.5. The largest absolute Gasteiger partial charge is 0.390 e. The average Bonchev–Trinajstić information content (AvgIpc) is 2.70. The van der Waals surface area contributed by atoms with Crippen molar-refractivity contribution in [2.75, 3.05) is 0 Å². The molecular formula is C12H10N2O2. The zero-order valence-electron chi connectivity index (χ0n) is 8.77. The second-order valence-corrected chi connectivity index (χ2v) is 3.38. The van der Waals surface area contributed by atoms with Crippen molar-refractivity contribution < 1.29 is 9.63 Å². The summed E-state index contributed by atoms with van der Waals surface area (Å²) in [5, 5.41) is 21.9. The predicted molar refractivity (Wildman–Crippen MR) is 57.3 cm³/mol. The van der Waals surface area contributed by atoms with Crippen LogP contribution in [0.1, 0.15) is 17.0 Å². The molecule has 2 aromatic rings. The summed E-state index contributed by atoms with van der Waals surface area (Å²) in [5.41, 5.74) is 2.45. The van der Waals surface area contributed by atoms with Gasteiger partial charge in [-0.3, -0.25) is 0 Å². The molecule has 2 rings (SSSR count). The van der Waals surface area contributed by atoms with Crippen molar-refractivity contribution in [2.45, 2.75) is 13.5 Å². The highest BCUT2D eigenvalue weighted by Gasteiger charge is 2.16. The molecule has 1 aromatic heterocycles. The first-order valence-electron chi connectivity index (χ1n) is 4.83. The van der Waals surface area contributed by atoms with Gasteiger partial charge in [-0.15, -0.1) is 0 Å². The number of hydrogen-bond acceptors (Lipinski definition) is 4. The summed E-state index contributed by atoms with van der Waals surface area (Å²) in [6.45, 7) is 1.56. The number of hydrogen-bond donors (Lipinski definition) is 1. The van der Waals surface area contributed by atoms with E-state index >= 15 is 0 Å². The molecule has 1 heterocycles. The van der Waals surface area contributed by atoms with Crippen LogP contribution in [0.15, 0.2) is 28.8 Å². The summed E-state index contributed by atoms with van der Waals surface area (Å²) in [5.74, 6) is 0.603. The zero-order valence-corrected chi connectivity index (χ0v) is 8.77. The van der Waals surface area contributed by atoms with Gasteiger partial charge in [0.05, 0.1) is 23.8 Å². The molecule has 0 unspecified atom stereocenters. The van der Waals surface area contributed by atoms with Gasteiger partial charge in [-0.05, 0) is 13.0 Å². The number of aromatic nitrogens is 1. The fraction of sp³-hybridized carbons (Fsp3) is 0.167. The minimum Gasteiger partial charge on any atom is -0.390 e. The lowest BCUT2D eigenvalue weighted by Crippen LogP contribution is -1.90. The minimum atomic E-state index is -0.202. The molecule has 0 saturated heterocycles. The van der Waals surface area contributed by atoms with Crippen LogP contribution in [0.25, 0.3) is 11.1 Å². The van der Waals surface area contributed by atoms with Crippen LogP contribution in [-0.4, -0.2) is 10.3 Å². The third-order valence-electron chi connectivity index (χ3n) is 2.40. The fourth-order valence-corrected chi connectivity index (χ4v) is 1.67. The maximum absolute atomic E-state index is 9.15. The molecule has 0 aliphatic heterocycles. The van der Waals surface area contributed by atoms with Gasteiger partial charge in [0.2, 0.25) is 0 Å². The lowest BCUT2D eigenvalue weighted by atomic mass is 9.99. The topological polar surface area (TPSA) is 70.1 Å². The summed E-state index contributed by atoms with van der Waals surface area (Å²) in [6.07, 6.45) is 0. The molecule has 0 fully saturated rings. The normalized spacial score (nSPS) is 10.1. The van der Waals surface area contributed by atoms with Crippen LogP contribution in [0.4, 0.5) is 0 Å². The Morgan fingerprint density at radius 1 is 1.44 bits per heavy atom. The third kappa shape index (κ3) is 1.58. The average molecular weight is 214 g/mol. The van der Waals surface area contributed by atoms with E-state index in [1.54, 1.807) is 19.1 Å². The summed E-state index contributed by atoms with van der Waals surface area (Å²) in [6, 6.07) is 9.29. The molecule has 1 N–H and O–H groups in total. The molecule has 0 aliphatic carbocycles. The molecule has 0 spiro atoms. The second kappa shape index (κ2) is 4.17. The van der Waals surface area contributed by atoms with Crippen molar-refractivity contribution >= 4 is 0 Å². The molecule has 4 heteroatoms. The summed E-state index contributed by atoms with van der Waals surface area (Å²) in [4.78, 5) is 0. The van der Waals surface area contributed by atoms with E-state index in [0.29, 0.717) is 22.6 Å². The summed E-state index contributed by atoms with van der Waals surface area (Å²) in [7, 11) is 0. The Hall–Kier alpha value is -2.12. The number of aliphatic hydroxyl groups is 1. The number of aryl methyl sites for hydroxylation is 1. The molecule has 0 saturated carbocycles. The van der Waals surface area contributed by atoms with Gasteiger partial charge in [-0.2, -0.15) is 5.26 Å². The summed E-state index contributed by atoms with van der Waals surface area (Å²) < 4.78 is 5.02. The van der Waals surface area contributed by atoms with Gasteiger partial charge in [0.15, 0.2) is 0 Å². The second-order valence-electron chi connectivity index (χ2n) is 3.38. The molecule has 0 radical (unpaired) electrons. The minimum absolute atomic E-state index is 0.202. The quantitative estimate of drug-likeness (QED) is 0.830. The van der Waals surface area contributed by atoms with Crippen molar-refractivity contribution in [2.24, 2.45) is 0 Å². The molecule has 1 aromatic carbocycles. The summed E-state index contributed by atoms with van der Waals surface area (Å²) >= 11 is 0. The van der Waals surface area contributed by atoms with E-state index in [-0.39, 0.29) is 6.61 Å². The first-order chi connectivity index (χ1) is 7.77. The van der Waals surface area contributed by atoms with Gasteiger partial charge in [-0.25, -0.2) is 0 Å². The van der Waals surface area contributed by atoms with Crippen molar-refractivity contribution in [3.8, 4) is 17.2 Å². The van der Waals surface area contributed by atoms with Crippen LogP contribution in [0.3, 0.4) is 0 Å². The standard InChI is InChI=1S/C12H10N2O2/c1-8-12(11(7-15)14-16-8)10-5-3-2-4-9(10)6-13/h2-5,15H,7H2,1H3. The number of benzene rings is 1. The lowest BCUT2D eigenvalue weighted by Gasteiger charge is -2.02. The first kappa shape index (κ1) is 10.4. The molecule has 4 nitrogen and oxygen atoms in total. The predicted octanol–water partition coefficient (Wildman–Crippen LogP) is 2.01. The number of aliphatic hydroxyl groups excluding tert-OH is 1. The highest BCUT2D eigenvalue weighted by molar-refractivity contribution is 5.73. The Kier molecular flexibility index (Phi) is 2.71. The number of rotatable bonds is 2. The first-order valence-corrected chi connectivity index (χ1v) is 4.83. The smallest absolute Gasteiger partial charge is 0.141 e. The molecular weight excluding hydrogens is 204 g/mol. The highest BCUT2D eigenvalue weighted by atomic mass is 16.5.